The standard InChI is InChI=1S/C11H16N2O2S3/c1-6-3-4-7(9(14)15)8(5-6)17-11-13-12-10(16-2)18-11/h6-8H,3-5H2,1-2H3,(H,14,15). The average molecular weight is 304 g/mol. The van der Waals surface area contributed by atoms with E-state index in [1.807, 2.05) is 6.26 Å². The van der Waals surface area contributed by atoms with E-state index in [1.54, 1.807) is 34.9 Å². The van der Waals surface area contributed by atoms with Crippen LogP contribution in [0.1, 0.15) is 26.2 Å². The second kappa shape index (κ2) is 6.25. The first-order valence-corrected chi connectivity index (χ1v) is 8.79. The maximum atomic E-state index is 11.3. The smallest absolute Gasteiger partial charge is 0.307 e. The average Bonchev–Trinajstić information content (AvgIpc) is 2.76. The third kappa shape index (κ3) is 3.39. The van der Waals surface area contributed by atoms with Crippen molar-refractivity contribution in [3.8, 4) is 0 Å². The maximum absolute atomic E-state index is 11.3. The summed E-state index contributed by atoms with van der Waals surface area (Å²) in [6, 6.07) is 0. The Kier molecular flexibility index (Phi) is 4.91. The largest absolute Gasteiger partial charge is 0.481 e. The fourth-order valence-electron chi connectivity index (χ4n) is 2.20. The molecule has 4 nitrogen and oxygen atoms in total. The first kappa shape index (κ1) is 14.1. The summed E-state index contributed by atoms with van der Waals surface area (Å²) in [5.41, 5.74) is 0. The lowest BCUT2D eigenvalue weighted by Crippen LogP contribution is -2.31. The molecule has 3 atom stereocenters. The Balaban J connectivity index is 2.06. The Morgan fingerprint density at radius 1 is 1.39 bits per heavy atom. The van der Waals surface area contributed by atoms with Crippen LogP contribution in [0.5, 0.6) is 0 Å². The molecule has 18 heavy (non-hydrogen) atoms. The van der Waals surface area contributed by atoms with Gasteiger partial charge < -0.3 is 5.11 Å². The summed E-state index contributed by atoms with van der Waals surface area (Å²) < 4.78 is 1.83. The van der Waals surface area contributed by atoms with Crippen LogP contribution in [0.3, 0.4) is 0 Å². The van der Waals surface area contributed by atoms with Gasteiger partial charge in [-0.1, -0.05) is 41.8 Å². The SMILES string of the molecule is CSc1nnc(SC2CC(C)CCC2C(=O)O)s1. The lowest BCUT2D eigenvalue weighted by molar-refractivity contribution is -0.142. The van der Waals surface area contributed by atoms with Gasteiger partial charge in [-0.15, -0.1) is 10.2 Å². The zero-order chi connectivity index (χ0) is 13.1. The van der Waals surface area contributed by atoms with Crippen molar-refractivity contribution >= 4 is 40.8 Å². The van der Waals surface area contributed by atoms with Gasteiger partial charge >= 0.3 is 5.97 Å². The summed E-state index contributed by atoms with van der Waals surface area (Å²) in [4.78, 5) is 11.3. The summed E-state index contributed by atoms with van der Waals surface area (Å²) in [5, 5.41) is 17.6. The van der Waals surface area contributed by atoms with Crippen molar-refractivity contribution in [3.05, 3.63) is 0 Å². The van der Waals surface area contributed by atoms with Crippen LogP contribution in [0.2, 0.25) is 0 Å². The number of hydrogen-bond acceptors (Lipinski definition) is 6. The number of hydrogen-bond donors (Lipinski definition) is 1. The second-order valence-corrected chi connectivity index (χ2v) is 8.07. The lowest BCUT2D eigenvalue weighted by atomic mass is 9.82. The number of thioether (sulfide) groups is 2. The molecule has 100 valence electrons. The molecule has 1 fully saturated rings. The van der Waals surface area contributed by atoms with E-state index in [1.165, 1.54) is 0 Å². The molecule has 1 N–H and O–H groups in total. The molecular weight excluding hydrogens is 288 g/mol. The van der Waals surface area contributed by atoms with Gasteiger partial charge in [0, 0.05) is 5.25 Å². The minimum atomic E-state index is -0.672. The van der Waals surface area contributed by atoms with Crippen LogP contribution >= 0.6 is 34.9 Å². The summed E-state index contributed by atoms with van der Waals surface area (Å²) in [6.07, 6.45) is 4.72. The summed E-state index contributed by atoms with van der Waals surface area (Å²) >= 11 is 4.72. The molecule has 1 saturated carbocycles. The number of aliphatic carboxylic acids is 1. The van der Waals surface area contributed by atoms with Crippen LogP contribution in [0.15, 0.2) is 8.68 Å². The Hall–Kier alpha value is -0.270. The highest BCUT2D eigenvalue weighted by atomic mass is 32.2. The van der Waals surface area contributed by atoms with Gasteiger partial charge in [-0.2, -0.15) is 0 Å². The van der Waals surface area contributed by atoms with E-state index in [9.17, 15) is 9.90 Å². The van der Waals surface area contributed by atoms with Gasteiger partial charge in [-0.25, -0.2) is 0 Å². The zero-order valence-corrected chi connectivity index (χ0v) is 12.8. The Labute approximate surface area is 119 Å². The van der Waals surface area contributed by atoms with E-state index in [0.717, 1.165) is 27.9 Å². The van der Waals surface area contributed by atoms with Gasteiger partial charge in [0.25, 0.3) is 0 Å². The van der Waals surface area contributed by atoms with Crippen molar-refractivity contribution in [1.82, 2.24) is 10.2 Å². The van der Waals surface area contributed by atoms with Crippen molar-refractivity contribution in [2.75, 3.05) is 6.26 Å². The highest BCUT2D eigenvalue weighted by molar-refractivity contribution is 8.03. The highest BCUT2D eigenvalue weighted by Gasteiger charge is 2.34. The van der Waals surface area contributed by atoms with Gasteiger partial charge in [0.2, 0.25) is 0 Å². The molecule has 1 heterocycles. The highest BCUT2D eigenvalue weighted by Crippen LogP contribution is 2.41. The zero-order valence-electron chi connectivity index (χ0n) is 10.3. The number of nitrogens with zero attached hydrogens (tertiary/aromatic N) is 2. The van der Waals surface area contributed by atoms with Crippen molar-refractivity contribution < 1.29 is 9.90 Å². The quantitative estimate of drug-likeness (QED) is 0.862. The number of carbonyl (C=O) groups is 1. The number of carboxylic acids is 1. The van der Waals surface area contributed by atoms with E-state index in [2.05, 4.69) is 17.1 Å². The normalized spacial score (nSPS) is 28.2. The van der Waals surface area contributed by atoms with E-state index >= 15 is 0 Å². The molecule has 0 spiro atoms. The fourth-order valence-corrected chi connectivity index (χ4v) is 5.35. The van der Waals surface area contributed by atoms with Gasteiger partial charge in [-0.05, 0) is 31.4 Å². The Bertz CT molecular complexity index is 424. The minimum absolute atomic E-state index is 0.133. The number of aromatic nitrogens is 2. The Morgan fingerprint density at radius 2 is 2.11 bits per heavy atom. The van der Waals surface area contributed by atoms with Crippen LogP contribution in [0.4, 0.5) is 0 Å². The molecule has 1 aliphatic rings. The van der Waals surface area contributed by atoms with Crippen molar-refractivity contribution in [3.63, 3.8) is 0 Å². The van der Waals surface area contributed by atoms with Gasteiger partial charge in [0.15, 0.2) is 8.68 Å². The maximum Gasteiger partial charge on any atom is 0.307 e. The van der Waals surface area contributed by atoms with E-state index in [-0.39, 0.29) is 11.2 Å². The van der Waals surface area contributed by atoms with Crippen LogP contribution in [-0.2, 0) is 4.79 Å². The predicted molar refractivity (Wildman–Crippen MR) is 75.5 cm³/mol. The summed E-state index contributed by atoms with van der Waals surface area (Å²) in [5.74, 6) is -0.312. The molecule has 3 unspecified atom stereocenters. The van der Waals surface area contributed by atoms with Crippen LogP contribution in [0, 0.1) is 11.8 Å². The van der Waals surface area contributed by atoms with Crippen LogP contribution < -0.4 is 0 Å². The Morgan fingerprint density at radius 3 is 2.72 bits per heavy atom. The second-order valence-electron chi connectivity index (χ2n) is 4.56. The van der Waals surface area contributed by atoms with E-state index in [0.29, 0.717) is 5.92 Å². The molecule has 0 bridgehead atoms. The van der Waals surface area contributed by atoms with E-state index in [4.69, 9.17) is 0 Å². The van der Waals surface area contributed by atoms with Gasteiger partial charge in [-0.3, -0.25) is 4.79 Å². The van der Waals surface area contributed by atoms with E-state index < -0.39 is 5.97 Å². The van der Waals surface area contributed by atoms with Gasteiger partial charge in [0.1, 0.15) is 0 Å². The molecule has 0 aromatic carbocycles. The van der Waals surface area contributed by atoms with Crippen molar-refractivity contribution in [2.45, 2.75) is 40.1 Å². The van der Waals surface area contributed by atoms with Crippen LogP contribution in [-0.4, -0.2) is 32.8 Å². The molecule has 1 aromatic rings. The third-order valence-electron chi connectivity index (χ3n) is 3.19. The molecule has 0 aliphatic heterocycles. The molecule has 1 aromatic heterocycles. The number of rotatable bonds is 4. The van der Waals surface area contributed by atoms with Crippen LogP contribution in [0.25, 0.3) is 0 Å². The molecule has 2 rings (SSSR count). The third-order valence-corrected chi connectivity index (χ3v) is 6.52. The molecule has 7 heteroatoms. The van der Waals surface area contributed by atoms with Crippen molar-refractivity contribution in [1.29, 1.82) is 0 Å². The predicted octanol–water partition coefficient (Wildman–Crippen LogP) is 3.24. The molecular formula is C11H16N2O2S3. The van der Waals surface area contributed by atoms with Crippen molar-refractivity contribution in [2.24, 2.45) is 11.8 Å². The fraction of sp³-hybridized carbons (Fsp3) is 0.727. The summed E-state index contributed by atoms with van der Waals surface area (Å²) in [7, 11) is 0. The van der Waals surface area contributed by atoms with Gasteiger partial charge in [0.05, 0.1) is 5.92 Å². The number of carboxylic acid groups (broad SMARTS) is 1. The topological polar surface area (TPSA) is 63.1 Å². The molecule has 1 aliphatic carbocycles. The minimum Gasteiger partial charge on any atom is -0.481 e. The molecule has 0 radical (unpaired) electrons. The molecule has 0 saturated heterocycles. The lowest BCUT2D eigenvalue weighted by Gasteiger charge is -2.31. The first-order chi connectivity index (χ1) is 8.60. The molecule has 0 amide bonds. The first-order valence-electron chi connectivity index (χ1n) is 5.87. The monoisotopic (exact) mass is 304 g/mol. The summed E-state index contributed by atoms with van der Waals surface area (Å²) in [6.45, 7) is 2.19.